The smallest absolute Gasteiger partial charge is 0.191 e. The van der Waals surface area contributed by atoms with Crippen LogP contribution in [0.15, 0.2) is 29.3 Å². The molecule has 1 aliphatic heterocycles. The lowest BCUT2D eigenvalue weighted by Crippen LogP contribution is -2.51. The Morgan fingerprint density at radius 1 is 1.17 bits per heavy atom. The number of nitrogens with zero attached hydrogens (tertiary/aromatic N) is 3. The third-order valence-corrected chi connectivity index (χ3v) is 3.97. The number of halogens is 1. The van der Waals surface area contributed by atoms with Crippen molar-refractivity contribution < 1.29 is 9.13 Å². The average Bonchev–Trinajstić information content (AvgIpc) is 2.58. The van der Waals surface area contributed by atoms with Gasteiger partial charge in [-0.2, -0.15) is 0 Å². The molecule has 128 valence electrons. The lowest BCUT2D eigenvalue weighted by atomic mass is 10.2. The van der Waals surface area contributed by atoms with E-state index in [0.717, 1.165) is 64.5 Å². The monoisotopic (exact) mass is 322 g/mol. The molecule has 0 unspecified atom stereocenters. The molecular formula is C17H27FN4O. The Balaban J connectivity index is 1.71. The first-order chi connectivity index (χ1) is 11.2. The summed E-state index contributed by atoms with van der Waals surface area (Å²) < 4.78 is 18.3. The van der Waals surface area contributed by atoms with Gasteiger partial charge >= 0.3 is 0 Å². The van der Waals surface area contributed by atoms with Gasteiger partial charge in [-0.15, -0.1) is 0 Å². The van der Waals surface area contributed by atoms with E-state index in [1.54, 1.807) is 0 Å². The van der Waals surface area contributed by atoms with Crippen molar-refractivity contribution in [2.45, 2.75) is 19.8 Å². The molecule has 0 amide bonds. The maximum Gasteiger partial charge on any atom is 0.191 e. The first-order valence-electron chi connectivity index (χ1n) is 8.34. The molecule has 0 aromatic heterocycles. The molecule has 0 aliphatic carbocycles. The molecule has 0 atom stereocenters. The van der Waals surface area contributed by atoms with E-state index in [9.17, 15) is 4.39 Å². The number of benzene rings is 1. The van der Waals surface area contributed by atoms with Crippen LogP contribution in [0, 0.1) is 5.82 Å². The van der Waals surface area contributed by atoms with Crippen LogP contribution in [0.1, 0.15) is 19.8 Å². The highest BCUT2D eigenvalue weighted by molar-refractivity contribution is 5.78. The maximum atomic E-state index is 13.0. The van der Waals surface area contributed by atoms with Crippen LogP contribution in [-0.4, -0.2) is 56.8 Å². The van der Waals surface area contributed by atoms with E-state index in [1.165, 1.54) is 12.1 Å². The first-order valence-corrected chi connectivity index (χ1v) is 8.34. The van der Waals surface area contributed by atoms with Crippen molar-refractivity contribution in [2.75, 3.05) is 50.8 Å². The lowest BCUT2D eigenvalue weighted by molar-refractivity contribution is 0.144. The van der Waals surface area contributed by atoms with Crippen LogP contribution in [0.5, 0.6) is 0 Å². The zero-order valence-corrected chi connectivity index (χ0v) is 13.9. The van der Waals surface area contributed by atoms with Crippen molar-refractivity contribution in [3.8, 4) is 0 Å². The van der Waals surface area contributed by atoms with Gasteiger partial charge in [0.25, 0.3) is 0 Å². The number of hydrogen-bond acceptors (Lipinski definition) is 3. The maximum absolute atomic E-state index is 13.0. The Labute approximate surface area is 137 Å². The minimum atomic E-state index is -0.201. The van der Waals surface area contributed by atoms with E-state index in [1.807, 2.05) is 19.1 Å². The SMILES string of the molecule is CCOCCCCN=C(N)N1CCN(c2ccc(F)cc2)CC1. The van der Waals surface area contributed by atoms with Gasteiger partial charge in [0, 0.05) is 51.6 Å². The van der Waals surface area contributed by atoms with Gasteiger partial charge in [0.1, 0.15) is 5.82 Å². The lowest BCUT2D eigenvalue weighted by Gasteiger charge is -2.36. The molecule has 1 fully saturated rings. The van der Waals surface area contributed by atoms with E-state index in [2.05, 4.69) is 14.8 Å². The summed E-state index contributed by atoms with van der Waals surface area (Å²) in [6.07, 6.45) is 2.01. The molecule has 6 heteroatoms. The molecule has 0 radical (unpaired) electrons. The topological polar surface area (TPSA) is 54.1 Å². The van der Waals surface area contributed by atoms with Gasteiger partial charge in [-0.05, 0) is 44.0 Å². The second-order valence-electron chi connectivity index (χ2n) is 5.59. The van der Waals surface area contributed by atoms with Crippen LogP contribution in [0.3, 0.4) is 0 Å². The molecule has 2 rings (SSSR count). The molecule has 0 bridgehead atoms. The summed E-state index contributed by atoms with van der Waals surface area (Å²) >= 11 is 0. The molecule has 1 aromatic rings. The molecule has 1 saturated heterocycles. The standard InChI is InChI=1S/C17H27FN4O/c1-2-23-14-4-3-9-20-17(19)22-12-10-21(11-13-22)16-7-5-15(18)6-8-16/h5-8H,2-4,9-14H2,1H3,(H2,19,20). The summed E-state index contributed by atoms with van der Waals surface area (Å²) in [5, 5.41) is 0. The molecule has 0 saturated carbocycles. The second-order valence-corrected chi connectivity index (χ2v) is 5.59. The molecule has 0 spiro atoms. The Bertz CT molecular complexity index is 484. The third kappa shape index (κ3) is 5.71. The summed E-state index contributed by atoms with van der Waals surface area (Å²) in [6.45, 7) is 7.72. The normalized spacial score (nSPS) is 16.0. The van der Waals surface area contributed by atoms with Crippen LogP contribution < -0.4 is 10.6 Å². The Hall–Kier alpha value is -1.82. The van der Waals surface area contributed by atoms with Crippen LogP contribution in [-0.2, 0) is 4.74 Å². The van der Waals surface area contributed by atoms with E-state index < -0.39 is 0 Å². The summed E-state index contributed by atoms with van der Waals surface area (Å²) in [4.78, 5) is 8.81. The number of hydrogen-bond donors (Lipinski definition) is 1. The summed E-state index contributed by atoms with van der Waals surface area (Å²) in [5.74, 6) is 0.424. The Morgan fingerprint density at radius 3 is 2.52 bits per heavy atom. The molecular weight excluding hydrogens is 295 g/mol. The number of rotatable bonds is 7. The Morgan fingerprint density at radius 2 is 1.87 bits per heavy atom. The molecule has 1 aromatic carbocycles. The Kier molecular flexibility index (Phi) is 7.13. The second kappa shape index (κ2) is 9.35. The van der Waals surface area contributed by atoms with Crippen molar-refractivity contribution in [2.24, 2.45) is 10.7 Å². The minimum Gasteiger partial charge on any atom is -0.382 e. The summed E-state index contributed by atoms with van der Waals surface area (Å²) in [5.41, 5.74) is 7.12. The summed E-state index contributed by atoms with van der Waals surface area (Å²) in [7, 11) is 0. The minimum absolute atomic E-state index is 0.201. The van der Waals surface area contributed by atoms with E-state index in [0.29, 0.717) is 5.96 Å². The van der Waals surface area contributed by atoms with Crippen molar-refractivity contribution in [1.82, 2.24) is 4.90 Å². The van der Waals surface area contributed by atoms with Crippen molar-refractivity contribution in [1.29, 1.82) is 0 Å². The number of nitrogens with two attached hydrogens (primary N) is 1. The molecule has 23 heavy (non-hydrogen) atoms. The van der Waals surface area contributed by atoms with E-state index in [4.69, 9.17) is 10.5 Å². The average molecular weight is 322 g/mol. The van der Waals surface area contributed by atoms with Gasteiger partial charge in [0.2, 0.25) is 0 Å². The zero-order chi connectivity index (χ0) is 16.5. The predicted molar refractivity (Wildman–Crippen MR) is 92.4 cm³/mol. The van der Waals surface area contributed by atoms with Crippen molar-refractivity contribution >= 4 is 11.6 Å². The predicted octanol–water partition coefficient (Wildman–Crippen LogP) is 2.08. The number of anilines is 1. The van der Waals surface area contributed by atoms with Gasteiger partial charge in [0.05, 0.1) is 0 Å². The fourth-order valence-corrected chi connectivity index (χ4v) is 2.60. The third-order valence-electron chi connectivity index (χ3n) is 3.97. The number of ether oxygens (including phenoxy) is 1. The zero-order valence-electron chi connectivity index (χ0n) is 13.9. The highest BCUT2D eigenvalue weighted by atomic mass is 19.1. The van der Waals surface area contributed by atoms with Crippen LogP contribution in [0.4, 0.5) is 10.1 Å². The molecule has 1 heterocycles. The van der Waals surface area contributed by atoms with Crippen molar-refractivity contribution in [3.05, 3.63) is 30.1 Å². The first kappa shape index (κ1) is 17.5. The molecule has 2 N–H and O–H groups in total. The van der Waals surface area contributed by atoms with E-state index >= 15 is 0 Å². The fourth-order valence-electron chi connectivity index (χ4n) is 2.60. The van der Waals surface area contributed by atoms with Gasteiger partial charge in [0.15, 0.2) is 5.96 Å². The van der Waals surface area contributed by atoms with Gasteiger partial charge in [-0.3, -0.25) is 4.99 Å². The number of aliphatic imine (C=N–C) groups is 1. The highest BCUT2D eigenvalue weighted by Crippen LogP contribution is 2.16. The number of guanidine groups is 1. The molecule has 1 aliphatic rings. The van der Waals surface area contributed by atoms with E-state index in [-0.39, 0.29) is 5.82 Å². The highest BCUT2D eigenvalue weighted by Gasteiger charge is 2.18. The fraction of sp³-hybridized carbons (Fsp3) is 0.588. The van der Waals surface area contributed by atoms with Gasteiger partial charge in [-0.25, -0.2) is 4.39 Å². The molecule has 5 nitrogen and oxygen atoms in total. The quantitative estimate of drug-likeness (QED) is 0.474. The van der Waals surface area contributed by atoms with Gasteiger partial charge < -0.3 is 20.3 Å². The van der Waals surface area contributed by atoms with Crippen LogP contribution in [0.2, 0.25) is 0 Å². The largest absolute Gasteiger partial charge is 0.382 e. The van der Waals surface area contributed by atoms with Crippen molar-refractivity contribution in [3.63, 3.8) is 0 Å². The number of unbranched alkanes of at least 4 members (excludes halogenated alkanes) is 1. The van der Waals surface area contributed by atoms with Crippen LogP contribution >= 0.6 is 0 Å². The van der Waals surface area contributed by atoms with Crippen LogP contribution in [0.25, 0.3) is 0 Å². The van der Waals surface area contributed by atoms with Gasteiger partial charge in [-0.1, -0.05) is 0 Å². The number of piperazine rings is 1. The summed E-state index contributed by atoms with van der Waals surface area (Å²) in [6, 6.07) is 6.64.